The fourth-order valence-electron chi connectivity index (χ4n) is 0.984. The number of aryl methyl sites for hydroxylation is 1. The molecule has 0 fully saturated rings. The Morgan fingerprint density at radius 3 is 2.67 bits per heavy atom. The zero-order valence-corrected chi connectivity index (χ0v) is 10.8. The van der Waals surface area contributed by atoms with E-state index in [1.54, 1.807) is 6.20 Å². The van der Waals surface area contributed by atoms with Crippen molar-refractivity contribution in [2.24, 2.45) is 0 Å². The van der Waals surface area contributed by atoms with Crippen LogP contribution in [0.3, 0.4) is 0 Å². The molecule has 84 valence electrons. The Morgan fingerprint density at radius 1 is 1.53 bits per heavy atom. The second-order valence-corrected chi connectivity index (χ2v) is 3.16. The topological polar surface area (TPSA) is 48.1 Å². The van der Waals surface area contributed by atoms with Gasteiger partial charge in [-0.25, -0.2) is 4.98 Å². The molecule has 0 saturated carbocycles. The fraction of sp³-hybridized carbons (Fsp3) is 0.455. The number of rotatable bonds is 3. The van der Waals surface area contributed by atoms with Crippen LogP contribution in [0.5, 0.6) is 0 Å². The smallest absolute Gasteiger partial charge is 0.133 e. The van der Waals surface area contributed by atoms with Crippen molar-refractivity contribution in [1.29, 1.82) is 0 Å². The number of anilines is 1. The molecule has 4 heteroatoms. The monoisotopic (exact) mass is 226 g/mol. The Balaban J connectivity index is 0.000000921. The Labute approximate surface area is 93.9 Å². The lowest BCUT2D eigenvalue weighted by atomic mass is 10.2. The van der Waals surface area contributed by atoms with Crippen molar-refractivity contribution in [3.8, 4) is 0 Å². The number of nitrogens with zero attached hydrogens (tertiary/aromatic N) is 1. The molecule has 0 atom stereocenters. The van der Waals surface area contributed by atoms with Gasteiger partial charge in [0.15, 0.2) is 0 Å². The van der Waals surface area contributed by atoms with Gasteiger partial charge in [-0.05, 0) is 25.5 Å². The van der Waals surface area contributed by atoms with Crippen molar-refractivity contribution < 1.29 is 4.74 Å². The quantitative estimate of drug-likeness (QED) is 0.806. The molecule has 0 unspecified atom stereocenters. The molecule has 2 N–H and O–H groups in total. The number of ether oxygens (including phenoxy) is 1. The first-order valence-electron chi connectivity index (χ1n) is 5.09. The molecular weight excluding hydrogens is 207 g/mol. The van der Waals surface area contributed by atoms with E-state index in [2.05, 4.69) is 13.8 Å². The second kappa shape index (κ2) is 7.38. The highest BCUT2D eigenvalue weighted by Crippen LogP contribution is 2.13. The van der Waals surface area contributed by atoms with Gasteiger partial charge >= 0.3 is 0 Å². The molecule has 1 aromatic heterocycles. The Kier molecular flexibility index (Phi) is 6.93. The van der Waals surface area contributed by atoms with Gasteiger partial charge in [0.1, 0.15) is 11.3 Å². The summed E-state index contributed by atoms with van der Waals surface area (Å²) in [4.78, 5) is 4.03. The van der Waals surface area contributed by atoms with Crippen LogP contribution in [0.2, 0.25) is 0 Å². The molecule has 1 rings (SSSR count). The van der Waals surface area contributed by atoms with Crippen LogP contribution in [0.1, 0.15) is 31.9 Å². The molecule has 1 heterocycles. The maximum Gasteiger partial charge on any atom is 0.133 e. The molecule has 0 aliphatic rings. The van der Waals surface area contributed by atoms with E-state index in [9.17, 15) is 0 Å². The number of pyridine rings is 1. The molecule has 15 heavy (non-hydrogen) atoms. The number of hydrogen-bond donors (Lipinski definition) is 1. The Bertz CT molecular complexity index is 326. The summed E-state index contributed by atoms with van der Waals surface area (Å²) in [6.45, 7) is 8.48. The van der Waals surface area contributed by atoms with Crippen molar-refractivity contribution in [2.75, 3.05) is 12.3 Å². The van der Waals surface area contributed by atoms with E-state index in [0.717, 1.165) is 11.1 Å². The Hall–Kier alpha value is -0.920. The first-order chi connectivity index (χ1) is 7.15. The first-order valence-corrected chi connectivity index (χ1v) is 5.59. The van der Waals surface area contributed by atoms with Gasteiger partial charge in [0.2, 0.25) is 0 Å². The molecule has 3 nitrogen and oxygen atoms in total. The zero-order valence-electron chi connectivity index (χ0n) is 9.79. The molecule has 0 radical (unpaired) electrons. The van der Waals surface area contributed by atoms with Crippen LogP contribution >= 0.6 is 8.86 Å². The summed E-state index contributed by atoms with van der Waals surface area (Å²) in [6, 6.07) is 1.93. The number of aromatic nitrogens is 1. The van der Waals surface area contributed by atoms with E-state index in [-0.39, 0.29) is 0 Å². The van der Waals surface area contributed by atoms with Gasteiger partial charge in [-0.1, -0.05) is 22.7 Å². The predicted octanol–water partition coefficient (Wildman–Crippen LogP) is 2.66. The zero-order chi connectivity index (χ0) is 11.8. The molecule has 0 saturated heterocycles. The van der Waals surface area contributed by atoms with Gasteiger partial charge in [-0.15, -0.1) is 0 Å². The molecule has 0 amide bonds. The van der Waals surface area contributed by atoms with E-state index in [1.165, 1.54) is 0 Å². The van der Waals surface area contributed by atoms with Crippen molar-refractivity contribution in [3.05, 3.63) is 23.4 Å². The van der Waals surface area contributed by atoms with Gasteiger partial charge in [0.05, 0.1) is 12.2 Å². The predicted molar refractivity (Wildman–Crippen MR) is 68.8 cm³/mol. The molecule has 1 aromatic rings. The van der Waals surface area contributed by atoms with E-state index in [4.69, 9.17) is 10.5 Å². The third-order valence-electron chi connectivity index (χ3n) is 1.59. The highest BCUT2D eigenvalue weighted by atomic mass is 31.0. The van der Waals surface area contributed by atoms with Crippen molar-refractivity contribution >= 4 is 20.2 Å². The maximum atomic E-state index is 5.68. The van der Waals surface area contributed by atoms with E-state index >= 15 is 0 Å². The SMILES string of the molecule is CC.CCOC(=P)c1cc(C)cnc1N. The maximum absolute atomic E-state index is 5.68. The summed E-state index contributed by atoms with van der Waals surface area (Å²) in [7, 11) is 3.36. The largest absolute Gasteiger partial charge is 0.383 e. The summed E-state index contributed by atoms with van der Waals surface area (Å²) >= 11 is 0. The van der Waals surface area contributed by atoms with Gasteiger partial charge in [0.25, 0.3) is 0 Å². The summed E-state index contributed by atoms with van der Waals surface area (Å²) < 4.78 is 5.27. The summed E-state index contributed by atoms with van der Waals surface area (Å²) in [5.74, 6) is 0.476. The van der Waals surface area contributed by atoms with Crippen LogP contribution in [-0.4, -0.2) is 17.1 Å². The van der Waals surface area contributed by atoms with Gasteiger partial charge in [0, 0.05) is 6.20 Å². The molecule has 0 spiro atoms. The van der Waals surface area contributed by atoms with Crippen LogP contribution < -0.4 is 5.73 Å². The minimum Gasteiger partial charge on any atom is -0.383 e. The van der Waals surface area contributed by atoms with Crippen molar-refractivity contribution in [1.82, 2.24) is 4.98 Å². The van der Waals surface area contributed by atoms with Crippen LogP contribution in [0.4, 0.5) is 5.82 Å². The first kappa shape index (κ1) is 14.1. The molecule has 0 aliphatic heterocycles. The number of nitrogens with two attached hydrogens (primary N) is 1. The van der Waals surface area contributed by atoms with Crippen LogP contribution in [-0.2, 0) is 4.74 Å². The standard InChI is InChI=1S/C9H13N2OP.C2H6/c1-3-12-9(13)7-4-6(2)5-11-8(7)10;1-2/h4-5,13H,3H2,1-2H3,(H2,10,11);1-2H3. The minimum absolute atomic E-state index is 0.476. The lowest BCUT2D eigenvalue weighted by Gasteiger charge is -2.07. The lowest BCUT2D eigenvalue weighted by molar-refractivity contribution is 0.337. The highest BCUT2D eigenvalue weighted by molar-refractivity contribution is 7.21. The molecular formula is C11H19N2OP. The van der Waals surface area contributed by atoms with Gasteiger partial charge in [-0.2, -0.15) is 0 Å². The highest BCUT2D eigenvalue weighted by Gasteiger charge is 2.05. The van der Waals surface area contributed by atoms with Crippen molar-refractivity contribution in [2.45, 2.75) is 27.7 Å². The summed E-state index contributed by atoms with van der Waals surface area (Å²) in [6.07, 6.45) is 1.73. The number of hydrogen-bond acceptors (Lipinski definition) is 3. The minimum atomic E-state index is 0.476. The molecule has 0 aliphatic carbocycles. The average Bonchev–Trinajstić information content (AvgIpc) is 2.25. The molecule has 0 bridgehead atoms. The second-order valence-electron chi connectivity index (χ2n) is 2.71. The normalized spacial score (nSPS) is 9.07. The molecule has 0 aromatic carbocycles. The lowest BCUT2D eigenvalue weighted by Crippen LogP contribution is -2.08. The van der Waals surface area contributed by atoms with Gasteiger partial charge in [-0.3, -0.25) is 0 Å². The van der Waals surface area contributed by atoms with E-state index in [1.807, 2.05) is 33.8 Å². The fourth-order valence-corrected chi connectivity index (χ4v) is 1.33. The van der Waals surface area contributed by atoms with E-state index < -0.39 is 0 Å². The van der Waals surface area contributed by atoms with Crippen LogP contribution in [0, 0.1) is 6.92 Å². The Morgan fingerprint density at radius 2 is 2.13 bits per heavy atom. The summed E-state index contributed by atoms with van der Waals surface area (Å²) in [5, 5.41) is 0. The van der Waals surface area contributed by atoms with Crippen LogP contribution in [0.25, 0.3) is 0 Å². The summed E-state index contributed by atoms with van der Waals surface area (Å²) in [5.41, 5.74) is 8.17. The van der Waals surface area contributed by atoms with Crippen LogP contribution in [0.15, 0.2) is 12.3 Å². The third kappa shape index (κ3) is 4.41. The van der Waals surface area contributed by atoms with Gasteiger partial charge < -0.3 is 10.5 Å². The average molecular weight is 226 g/mol. The number of nitrogen functional groups attached to an aromatic ring is 1. The van der Waals surface area contributed by atoms with Crippen molar-refractivity contribution in [3.63, 3.8) is 0 Å². The van der Waals surface area contributed by atoms with E-state index in [0.29, 0.717) is 17.9 Å². The third-order valence-corrected chi connectivity index (χ3v) is 2.00.